The van der Waals surface area contributed by atoms with Crippen molar-refractivity contribution in [3.05, 3.63) is 70.6 Å². The number of hydrogen-bond acceptors (Lipinski definition) is 6. The number of ether oxygens (including phenoxy) is 3. The number of benzene rings is 2. The SMILES string of the molecule is COc1cccc(CN(C)C(=O)c2ccccc2OCc2c(C)noc2C)c1OC. The van der Waals surface area contributed by atoms with Gasteiger partial charge in [-0.25, -0.2) is 0 Å². The molecule has 0 unspecified atom stereocenters. The maximum Gasteiger partial charge on any atom is 0.257 e. The standard InChI is InChI=1S/C23H26N2O5/c1-15-19(16(2)30-24-15)14-29-20-11-7-6-10-18(20)23(26)25(3)13-17-9-8-12-21(27-4)22(17)28-5/h6-12H,13-14H2,1-5H3. The molecule has 0 radical (unpaired) electrons. The summed E-state index contributed by atoms with van der Waals surface area (Å²) in [5.74, 6) is 2.29. The second-order valence-corrected chi connectivity index (χ2v) is 6.90. The maximum atomic E-state index is 13.2. The summed E-state index contributed by atoms with van der Waals surface area (Å²) in [6.07, 6.45) is 0. The maximum absolute atomic E-state index is 13.2. The van der Waals surface area contributed by atoms with Crippen molar-refractivity contribution >= 4 is 5.91 Å². The van der Waals surface area contributed by atoms with Crippen LogP contribution in [0.1, 0.15) is 32.9 Å². The van der Waals surface area contributed by atoms with Crippen molar-refractivity contribution in [2.75, 3.05) is 21.3 Å². The third-order valence-electron chi connectivity index (χ3n) is 4.91. The molecule has 2 aromatic carbocycles. The zero-order valence-corrected chi connectivity index (χ0v) is 17.9. The van der Waals surface area contributed by atoms with Gasteiger partial charge in [-0.05, 0) is 32.0 Å². The van der Waals surface area contributed by atoms with Crippen molar-refractivity contribution in [2.45, 2.75) is 27.0 Å². The van der Waals surface area contributed by atoms with Crippen LogP contribution in [0.5, 0.6) is 17.2 Å². The highest BCUT2D eigenvalue weighted by atomic mass is 16.5. The highest BCUT2D eigenvalue weighted by Gasteiger charge is 2.20. The van der Waals surface area contributed by atoms with Gasteiger partial charge in [0.05, 0.1) is 31.0 Å². The minimum atomic E-state index is -0.158. The third-order valence-corrected chi connectivity index (χ3v) is 4.91. The van der Waals surface area contributed by atoms with Gasteiger partial charge in [-0.15, -0.1) is 0 Å². The zero-order valence-electron chi connectivity index (χ0n) is 17.9. The van der Waals surface area contributed by atoms with Crippen LogP contribution in [0.4, 0.5) is 0 Å². The van der Waals surface area contributed by atoms with E-state index in [2.05, 4.69) is 5.16 Å². The number of hydrogen-bond donors (Lipinski definition) is 0. The first-order valence-electron chi connectivity index (χ1n) is 9.55. The van der Waals surface area contributed by atoms with Crippen molar-refractivity contribution in [3.8, 4) is 17.2 Å². The molecule has 0 spiro atoms. The van der Waals surface area contributed by atoms with Crippen LogP contribution in [0.25, 0.3) is 0 Å². The van der Waals surface area contributed by atoms with E-state index in [0.717, 1.165) is 16.8 Å². The molecule has 30 heavy (non-hydrogen) atoms. The van der Waals surface area contributed by atoms with Crippen molar-refractivity contribution in [1.29, 1.82) is 0 Å². The minimum Gasteiger partial charge on any atom is -0.493 e. The molecule has 0 atom stereocenters. The van der Waals surface area contributed by atoms with Crippen molar-refractivity contribution in [2.24, 2.45) is 0 Å². The van der Waals surface area contributed by atoms with Gasteiger partial charge < -0.3 is 23.6 Å². The molecule has 7 nitrogen and oxygen atoms in total. The highest BCUT2D eigenvalue weighted by molar-refractivity contribution is 5.96. The summed E-state index contributed by atoms with van der Waals surface area (Å²) in [4.78, 5) is 14.8. The molecule has 0 aliphatic carbocycles. The number of amides is 1. The smallest absolute Gasteiger partial charge is 0.257 e. The number of rotatable bonds is 8. The fourth-order valence-electron chi connectivity index (χ4n) is 3.24. The first kappa shape index (κ1) is 21.2. The van der Waals surface area contributed by atoms with Crippen LogP contribution in [-0.4, -0.2) is 37.2 Å². The largest absolute Gasteiger partial charge is 0.493 e. The van der Waals surface area contributed by atoms with Crippen LogP contribution in [0.3, 0.4) is 0 Å². The number of para-hydroxylation sites is 2. The monoisotopic (exact) mass is 410 g/mol. The van der Waals surface area contributed by atoms with Crippen molar-refractivity contribution in [3.63, 3.8) is 0 Å². The van der Waals surface area contributed by atoms with Crippen LogP contribution in [0, 0.1) is 13.8 Å². The number of nitrogens with zero attached hydrogens (tertiary/aromatic N) is 2. The van der Waals surface area contributed by atoms with Crippen LogP contribution < -0.4 is 14.2 Å². The molecular formula is C23H26N2O5. The lowest BCUT2D eigenvalue weighted by Crippen LogP contribution is -2.27. The van der Waals surface area contributed by atoms with Crippen LogP contribution in [0.2, 0.25) is 0 Å². The third kappa shape index (κ3) is 4.40. The summed E-state index contributed by atoms with van der Waals surface area (Å²) < 4.78 is 22.0. The number of carbonyl (C=O) groups excluding carboxylic acids is 1. The molecule has 0 N–H and O–H groups in total. The van der Waals surface area contributed by atoms with Crippen LogP contribution >= 0.6 is 0 Å². The molecule has 1 amide bonds. The molecule has 158 valence electrons. The summed E-state index contributed by atoms with van der Waals surface area (Å²) in [5, 5.41) is 3.94. The van der Waals surface area contributed by atoms with Gasteiger partial charge in [0.25, 0.3) is 5.91 Å². The Hall–Kier alpha value is -3.48. The molecular weight excluding hydrogens is 384 g/mol. The van der Waals surface area contributed by atoms with Gasteiger partial charge in [-0.1, -0.05) is 29.4 Å². The van der Waals surface area contributed by atoms with E-state index in [9.17, 15) is 4.79 Å². The Kier molecular flexibility index (Phi) is 6.61. The second kappa shape index (κ2) is 9.35. The Morgan fingerprint density at radius 1 is 1.03 bits per heavy atom. The fourth-order valence-corrected chi connectivity index (χ4v) is 3.24. The Balaban J connectivity index is 1.79. The van der Waals surface area contributed by atoms with E-state index in [1.54, 1.807) is 38.3 Å². The second-order valence-electron chi connectivity index (χ2n) is 6.90. The molecule has 0 aliphatic rings. The average molecular weight is 410 g/mol. The van der Waals surface area contributed by atoms with Gasteiger partial charge in [0.15, 0.2) is 11.5 Å². The molecule has 1 aromatic heterocycles. The summed E-state index contributed by atoms with van der Waals surface area (Å²) >= 11 is 0. The van der Waals surface area contributed by atoms with Crippen LogP contribution in [0.15, 0.2) is 47.0 Å². The number of methoxy groups -OCH3 is 2. The molecule has 0 aliphatic heterocycles. The topological polar surface area (TPSA) is 74.0 Å². The molecule has 0 saturated carbocycles. The first-order chi connectivity index (χ1) is 14.5. The molecule has 0 fully saturated rings. The predicted molar refractivity (Wildman–Crippen MR) is 112 cm³/mol. The minimum absolute atomic E-state index is 0.158. The average Bonchev–Trinajstić information content (AvgIpc) is 3.08. The van der Waals surface area contributed by atoms with Gasteiger partial charge in [0.2, 0.25) is 0 Å². The summed E-state index contributed by atoms with van der Waals surface area (Å²) in [5.41, 5.74) is 2.99. The quantitative estimate of drug-likeness (QED) is 0.555. The Morgan fingerprint density at radius 3 is 2.43 bits per heavy atom. The van der Waals surface area contributed by atoms with Gasteiger partial charge in [0, 0.05) is 19.2 Å². The van der Waals surface area contributed by atoms with E-state index in [-0.39, 0.29) is 12.5 Å². The number of carbonyl (C=O) groups is 1. The lowest BCUT2D eigenvalue weighted by molar-refractivity contribution is 0.0779. The molecule has 3 aromatic rings. The summed E-state index contributed by atoms with van der Waals surface area (Å²) in [6, 6.07) is 12.8. The highest BCUT2D eigenvalue weighted by Crippen LogP contribution is 2.32. The molecule has 0 saturated heterocycles. The summed E-state index contributed by atoms with van der Waals surface area (Å²) in [6.45, 7) is 4.34. The zero-order chi connectivity index (χ0) is 21.7. The first-order valence-corrected chi connectivity index (χ1v) is 9.55. The van der Waals surface area contributed by atoms with Crippen molar-refractivity contribution in [1.82, 2.24) is 10.1 Å². The van der Waals surface area contributed by atoms with E-state index in [0.29, 0.717) is 35.1 Å². The molecule has 0 bridgehead atoms. The lowest BCUT2D eigenvalue weighted by Gasteiger charge is -2.21. The number of aryl methyl sites for hydroxylation is 2. The fraction of sp³-hybridized carbons (Fsp3) is 0.304. The van der Waals surface area contributed by atoms with E-state index in [1.165, 1.54) is 0 Å². The normalized spacial score (nSPS) is 10.6. The predicted octanol–water partition coefficient (Wildman–Crippen LogP) is 4.16. The number of aromatic nitrogens is 1. The Labute approximate surface area is 176 Å². The molecule has 3 rings (SSSR count). The van der Waals surface area contributed by atoms with E-state index in [1.807, 2.05) is 44.2 Å². The molecule has 1 heterocycles. The molecule has 7 heteroatoms. The Bertz CT molecular complexity index is 1010. The van der Waals surface area contributed by atoms with Crippen molar-refractivity contribution < 1.29 is 23.5 Å². The van der Waals surface area contributed by atoms with Gasteiger partial charge in [-0.2, -0.15) is 0 Å². The van der Waals surface area contributed by atoms with E-state index in [4.69, 9.17) is 18.7 Å². The van der Waals surface area contributed by atoms with Gasteiger partial charge in [0.1, 0.15) is 18.1 Å². The van der Waals surface area contributed by atoms with Gasteiger partial charge in [-0.3, -0.25) is 4.79 Å². The summed E-state index contributed by atoms with van der Waals surface area (Å²) in [7, 11) is 4.91. The van der Waals surface area contributed by atoms with E-state index >= 15 is 0 Å². The van der Waals surface area contributed by atoms with E-state index < -0.39 is 0 Å². The van der Waals surface area contributed by atoms with Gasteiger partial charge >= 0.3 is 0 Å². The Morgan fingerprint density at radius 2 is 1.77 bits per heavy atom. The van der Waals surface area contributed by atoms with Crippen LogP contribution in [-0.2, 0) is 13.2 Å². The lowest BCUT2D eigenvalue weighted by atomic mass is 10.1.